The molecule has 2 nitrogen and oxygen atoms in total. The molecular formula is C30H46O2. The van der Waals surface area contributed by atoms with Crippen LogP contribution in [0.25, 0.3) is 0 Å². The van der Waals surface area contributed by atoms with Gasteiger partial charge in [0, 0.05) is 0 Å². The minimum Gasteiger partial charge on any atom is -0.388 e. The molecule has 0 amide bonds. The molecule has 0 aromatic rings. The van der Waals surface area contributed by atoms with Crippen molar-refractivity contribution in [2.45, 2.75) is 104 Å². The molecule has 0 aromatic heterocycles. The van der Waals surface area contributed by atoms with Crippen molar-refractivity contribution < 1.29 is 10.2 Å². The first-order chi connectivity index (χ1) is 15.2. The smallest absolute Gasteiger partial charge is 0.0825 e. The Kier molecular flexibility index (Phi) is 8.44. The summed E-state index contributed by atoms with van der Waals surface area (Å²) >= 11 is 0. The van der Waals surface area contributed by atoms with Crippen molar-refractivity contribution >= 4 is 0 Å². The van der Waals surface area contributed by atoms with Gasteiger partial charge in [-0.2, -0.15) is 0 Å². The largest absolute Gasteiger partial charge is 0.388 e. The molecule has 0 aliphatic heterocycles. The van der Waals surface area contributed by atoms with Crippen molar-refractivity contribution in [3.05, 3.63) is 59.8 Å². The third kappa shape index (κ3) is 5.39. The molecule has 3 aliphatic rings. The van der Waals surface area contributed by atoms with Crippen molar-refractivity contribution in [3.63, 3.8) is 0 Å². The van der Waals surface area contributed by atoms with Crippen molar-refractivity contribution in [2.24, 2.45) is 23.2 Å². The number of hydrogen-bond donors (Lipinski definition) is 2. The minimum absolute atomic E-state index is 0.354. The molecule has 3 saturated carbocycles. The average Bonchev–Trinajstić information content (AvgIpc) is 3.15. The molecular weight excluding hydrogens is 392 g/mol. The van der Waals surface area contributed by atoms with E-state index in [-0.39, 0.29) is 6.10 Å². The van der Waals surface area contributed by atoms with E-state index in [2.05, 4.69) is 44.7 Å². The lowest BCUT2D eigenvalue weighted by Gasteiger charge is -2.44. The molecule has 0 spiro atoms. The van der Waals surface area contributed by atoms with Gasteiger partial charge in [-0.3, -0.25) is 0 Å². The summed E-state index contributed by atoms with van der Waals surface area (Å²) in [6.07, 6.45) is 23.7. The van der Waals surface area contributed by atoms with Crippen LogP contribution in [0.1, 0.15) is 91.9 Å². The van der Waals surface area contributed by atoms with Gasteiger partial charge in [0.25, 0.3) is 0 Å². The van der Waals surface area contributed by atoms with Crippen LogP contribution in [0.4, 0.5) is 0 Å². The molecule has 5 unspecified atom stereocenters. The van der Waals surface area contributed by atoms with E-state index in [0.717, 1.165) is 37.7 Å². The van der Waals surface area contributed by atoms with Gasteiger partial charge in [-0.1, -0.05) is 76.3 Å². The summed E-state index contributed by atoms with van der Waals surface area (Å²) in [5.41, 5.74) is 3.50. The van der Waals surface area contributed by atoms with E-state index >= 15 is 0 Å². The fourth-order valence-corrected chi connectivity index (χ4v) is 6.67. The minimum atomic E-state index is -0.671. The first-order valence-electron chi connectivity index (χ1n) is 13.1. The molecule has 3 fully saturated rings. The van der Waals surface area contributed by atoms with E-state index in [9.17, 15) is 10.2 Å². The SMILES string of the molecule is C=C1/C(=C\C=C2/CCCC3(C)C2CCC3C(C)/C=C/C=C/C(O)(CC)CC)CCCC1O. The van der Waals surface area contributed by atoms with Crippen molar-refractivity contribution in [1.29, 1.82) is 0 Å². The third-order valence-electron chi connectivity index (χ3n) is 9.07. The zero-order valence-corrected chi connectivity index (χ0v) is 20.9. The normalized spacial score (nSPS) is 35.3. The van der Waals surface area contributed by atoms with Gasteiger partial charge in [0.15, 0.2) is 0 Å². The van der Waals surface area contributed by atoms with Gasteiger partial charge in [0.05, 0.1) is 11.7 Å². The Hall–Kier alpha value is -1.38. The summed E-state index contributed by atoms with van der Waals surface area (Å²) in [4.78, 5) is 0. The van der Waals surface area contributed by atoms with Gasteiger partial charge in [0.1, 0.15) is 0 Å². The van der Waals surface area contributed by atoms with E-state index in [1.54, 1.807) is 5.57 Å². The highest BCUT2D eigenvalue weighted by molar-refractivity contribution is 5.37. The third-order valence-corrected chi connectivity index (χ3v) is 9.07. The maximum absolute atomic E-state index is 10.5. The molecule has 32 heavy (non-hydrogen) atoms. The maximum Gasteiger partial charge on any atom is 0.0825 e. The van der Waals surface area contributed by atoms with Crippen LogP contribution in [-0.2, 0) is 0 Å². The van der Waals surface area contributed by atoms with Gasteiger partial charge < -0.3 is 10.2 Å². The molecule has 3 rings (SSSR count). The lowest BCUT2D eigenvalue weighted by Crippen LogP contribution is -2.35. The van der Waals surface area contributed by atoms with Crippen LogP contribution in [0.3, 0.4) is 0 Å². The summed E-state index contributed by atoms with van der Waals surface area (Å²) in [5, 5.41) is 20.6. The summed E-state index contributed by atoms with van der Waals surface area (Å²) in [6, 6.07) is 0. The van der Waals surface area contributed by atoms with E-state index in [1.807, 2.05) is 26.0 Å². The molecule has 0 saturated heterocycles. The average molecular weight is 439 g/mol. The maximum atomic E-state index is 10.5. The summed E-state index contributed by atoms with van der Waals surface area (Å²) in [6.45, 7) is 13.1. The fourth-order valence-electron chi connectivity index (χ4n) is 6.67. The molecule has 3 aliphatic carbocycles. The van der Waals surface area contributed by atoms with Crippen LogP contribution in [0.15, 0.2) is 59.8 Å². The number of aliphatic hydroxyl groups excluding tert-OH is 1. The second-order valence-electron chi connectivity index (χ2n) is 10.9. The Morgan fingerprint density at radius 2 is 1.84 bits per heavy atom. The van der Waals surface area contributed by atoms with Gasteiger partial charge in [0.2, 0.25) is 0 Å². The molecule has 0 aromatic carbocycles. The van der Waals surface area contributed by atoms with Gasteiger partial charge in [-0.15, -0.1) is 0 Å². The molecule has 5 atom stereocenters. The van der Waals surface area contributed by atoms with E-state index < -0.39 is 5.60 Å². The highest BCUT2D eigenvalue weighted by atomic mass is 16.3. The quantitative estimate of drug-likeness (QED) is 0.405. The van der Waals surface area contributed by atoms with Crippen LogP contribution >= 0.6 is 0 Å². The fraction of sp³-hybridized carbons (Fsp3) is 0.667. The van der Waals surface area contributed by atoms with Crippen LogP contribution < -0.4 is 0 Å². The highest BCUT2D eigenvalue weighted by Gasteiger charge is 2.50. The predicted molar refractivity (Wildman–Crippen MR) is 136 cm³/mol. The highest BCUT2D eigenvalue weighted by Crippen LogP contribution is 2.59. The number of fused-ring (bicyclic) bond motifs is 1. The van der Waals surface area contributed by atoms with E-state index in [1.165, 1.54) is 37.7 Å². The lowest BCUT2D eigenvalue weighted by atomic mass is 9.61. The van der Waals surface area contributed by atoms with Crippen LogP contribution in [0.5, 0.6) is 0 Å². The molecule has 0 radical (unpaired) electrons. The second kappa shape index (κ2) is 10.7. The van der Waals surface area contributed by atoms with Crippen LogP contribution in [-0.4, -0.2) is 21.9 Å². The van der Waals surface area contributed by atoms with Crippen molar-refractivity contribution in [1.82, 2.24) is 0 Å². The Balaban J connectivity index is 1.70. The zero-order chi connectivity index (χ0) is 23.4. The number of aliphatic hydroxyl groups is 2. The van der Waals surface area contributed by atoms with Gasteiger partial charge in [-0.25, -0.2) is 0 Å². The van der Waals surface area contributed by atoms with Crippen molar-refractivity contribution in [3.8, 4) is 0 Å². The summed E-state index contributed by atoms with van der Waals surface area (Å²) in [5.74, 6) is 1.92. The molecule has 2 heteroatoms. The predicted octanol–water partition coefficient (Wildman–Crippen LogP) is 7.46. The lowest BCUT2D eigenvalue weighted by molar-refractivity contribution is 0.0828. The van der Waals surface area contributed by atoms with Gasteiger partial charge in [-0.05, 0) is 98.5 Å². The van der Waals surface area contributed by atoms with E-state index in [4.69, 9.17) is 0 Å². The molecule has 0 heterocycles. The Labute approximate surface area is 196 Å². The van der Waals surface area contributed by atoms with Gasteiger partial charge >= 0.3 is 0 Å². The second-order valence-corrected chi connectivity index (χ2v) is 10.9. The van der Waals surface area contributed by atoms with E-state index in [0.29, 0.717) is 23.2 Å². The van der Waals surface area contributed by atoms with Crippen molar-refractivity contribution in [2.75, 3.05) is 0 Å². The number of rotatable bonds is 7. The first kappa shape index (κ1) is 25.2. The van der Waals surface area contributed by atoms with Crippen LogP contribution in [0.2, 0.25) is 0 Å². The topological polar surface area (TPSA) is 40.5 Å². The summed E-state index contributed by atoms with van der Waals surface area (Å²) < 4.78 is 0. The number of hydrogen-bond acceptors (Lipinski definition) is 2. The van der Waals surface area contributed by atoms with Crippen LogP contribution in [0, 0.1) is 23.2 Å². The Morgan fingerprint density at radius 1 is 1.09 bits per heavy atom. The summed E-state index contributed by atoms with van der Waals surface area (Å²) in [7, 11) is 0. The Bertz CT molecular complexity index is 779. The first-order valence-corrected chi connectivity index (χ1v) is 13.1. The monoisotopic (exact) mass is 438 g/mol. The number of allylic oxidation sites excluding steroid dienone is 6. The zero-order valence-electron chi connectivity index (χ0n) is 20.9. The molecule has 2 N–H and O–H groups in total. The molecule has 0 bridgehead atoms. The standard InChI is InChI=1S/C30H46O2/c1-6-30(32,7-2)21-9-8-12-22(3)26-18-19-27-25(14-11-20-29(26,27)5)17-16-24-13-10-15-28(31)23(24)4/h8-9,12,16-17,21-22,26-28,31-32H,4,6-7,10-11,13-15,18-20H2,1-3,5H3/b12-8+,21-9+,24-16-,25-17+. The molecule has 178 valence electrons. The Morgan fingerprint density at radius 3 is 2.56 bits per heavy atom.